The van der Waals surface area contributed by atoms with E-state index in [1.165, 1.54) is 12.1 Å². The summed E-state index contributed by atoms with van der Waals surface area (Å²) in [6.07, 6.45) is 2.33. The van der Waals surface area contributed by atoms with Crippen molar-refractivity contribution >= 4 is 28.8 Å². The topological polar surface area (TPSA) is 116 Å². The summed E-state index contributed by atoms with van der Waals surface area (Å²) in [5.74, 6) is 0.0662. The molecule has 1 aliphatic rings. The highest BCUT2D eigenvalue weighted by molar-refractivity contribution is 7.78. The van der Waals surface area contributed by atoms with Crippen molar-refractivity contribution in [2.45, 2.75) is 38.1 Å². The predicted octanol–water partition coefficient (Wildman–Crippen LogP) is 3.18. The van der Waals surface area contributed by atoms with E-state index in [0.717, 1.165) is 29.5 Å². The summed E-state index contributed by atoms with van der Waals surface area (Å²) in [6.45, 7) is 2.40. The van der Waals surface area contributed by atoms with E-state index < -0.39 is 16.0 Å². The van der Waals surface area contributed by atoms with Gasteiger partial charge in [-0.2, -0.15) is 5.10 Å². The Labute approximate surface area is 177 Å². The van der Waals surface area contributed by atoms with E-state index in [4.69, 9.17) is 5.10 Å². The van der Waals surface area contributed by atoms with Crippen LogP contribution in [-0.2, 0) is 28.2 Å². The highest BCUT2D eigenvalue weighted by atomic mass is 32.2. The van der Waals surface area contributed by atoms with Crippen LogP contribution in [0.25, 0.3) is 0 Å². The Morgan fingerprint density at radius 3 is 2.33 bits per heavy atom. The summed E-state index contributed by atoms with van der Waals surface area (Å²) in [5.41, 5.74) is 3.27. The highest BCUT2D eigenvalue weighted by Crippen LogP contribution is 2.28. The van der Waals surface area contributed by atoms with E-state index in [2.05, 4.69) is 0 Å². The van der Waals surface area contributed by atoms with Crippen LogP contribution in [-0.4, -0.2) is 36.7 Å². The van der Waals surface area contributed by atoms with Gasteiger partial charge in [-0.1, -0.05) is 54.4 Å². The second kappa shape index (κ2) is 9.73. The van der Waals surface area contributed by atoms with Gasteiger partial charge in [0.25, 0.3) is 5.69 Å². The van der Waals surface area contributed by atoms with Crippen molar-refractivity contribution in [1.82, 2.24) is 5.01 Å². The molecule has 158 valence electrons. The van der Waals surface area contributed by atoms with Gasteiger partial charge in [0.1, 0.15) is 12.3 Å². The maximum absolute atomic E-state index is 11.7. The lowest BCUT2D eigenvalue weighted by Gasteiger charge is -2.35. The smallest absolute Gasteiger partial charge is 0.269 e. The predicted molar refractivity (Wildman–Crippen MR) is 112 cm³/mol. The van der Waals surface area contributed by atoms with E-state index in [0.29, 0.717) is 18.5 Å². The van der Waals surface area contributed by atoms with Crippen LogP contribution in [0.15, 0.2) is 53.6 Å². The van der Waals surface area contributed by atoms with Crippen molar-refractivity contribution < 1.29 is 18.5 Å². The lowest BCUT2D eigenvalue weighted by atomic mass is 9.87. The van der Waals surface area contributed by atoms with Crippen LogP contribution in [0, 0.1) is 16.0 Å². The van der Waals surface area contributed by atoms with Crippen LogP contribution >= 0.6 is 0 Å². The zero-order valence-electron chi connectivity index (χ0n) is 16.5. The molecule has 0 fully saturated rings. The maximum Gasteiger partial charge on any atom is 0.269 e. The van der Waals surface area contributed by atoms with Crippen molar-refractivity contribution in [2.24, 2.45) is 11.0 Å². The number of rotatable bonds is 8. The molecule has 0 bridgehead atoms. The first-order valence-electron chi connectivity index (χ1n) is 9.60. The zero-order chi connectivity index (χ0) is 21.7. The largest absolute Gasteiger partial charge is 0.772 e. The van der Waals surface area contributed by atoms with Gasteiger partial charge in [-0.3, -0.25) is 19.3 Å². The van der Waals surface area contributed by atoms with Crippen LogP contribution in [0.5, 0.6) is 0 Å². The van der Waals surface area contributed by atoms with E-state index in [1.54, 1.807) is 29.3 Å². The van der Waals surface area contributed by atoms with Crippen LogP contribution < -0.4 is 0 Å². The Kier molecular flexibility index (Phi) is 7.07. The molecule has 9 heteroatoms. The molecule has 1 heterocycles. The first-order valence-corrected chi connectivity index (χ1v) is 10.8. The Balaban J connectivity index is 1.88. The third-order valence-electron chi connectivity index (χ3n) is 5.21. The molecule has 1 aliphatic heterocycles. The number of carbonyl (C=O) groups excluding carboxylic acids is 1. The summed E-state index contributed by atoms with van der Waals surface area (Å²) in [7, 11) is 0. The summed E-state index contributed by atoms with van der Waals surface area (Å²) in [5, 5.41) is 17.3. The molecule has 8 nitrogen and oxygen atoms in total. The molecule has 0 amide bonds. The Bertz CT molecular complexity index is 960. The molecule has 3 atom stereocenters. The van der Waals surface area contributed by atoms with Crippen molar-refractivity contribution in [1.29, 1.82) is 0 Å². The van der Waals surface area contributed by atoms with E-state index in [-0.39, 0.29) is 23.4 Å². The van der Waals surface area contributed by atoms with E-state index in [1.807, 2.05) is 19.1 Å². The van der Waals surface area contributed by atoms with Crippen molar-refractivity contribution in [3.05, 3.63) is 75.3 Å². The van der Waals surface area contributed by atoms with Crippen LogP contribution in [0.2, 0.25) is 0 Å². The summed E-state index contributed by atoms with van der Waals surface area (Å²) in [4.78, 5) is 22.1. The number of hydrogen-bond donors (Lipinski definition) is 0. The summed E-state index contributed by atoms with van der Waals surface area (Å²) < 4.78 is 21.8. The average molecular weight is 428 g/mol. The lowest BCUT2D eigenvalue weighted by molar-refractivity contribution is -0.384. The molecule has 2 aromatic carbocycles. The van der Waals surface area contributed by atoms with Gasteiger partial charge in [0.15, 0.2) is 0 Å². The van der Waals surface area contributed by atoms with Gasteiger partial charge in [0.05, 0.1) is 17.2 Å². The SMILES string of the molecule is CCC1CC(C=O)N(Cc2ccc([N+](=O)[O-])cc2)N=C1c1ccc(CS(=O)[O-])cc1. The minimum Gasteiger partial charge on any atom is -0.772 e. The minimum absolute atomic E-state index is 0.0127. The molecule has 0 radical (unpaired) electrons. The molecular weight excluding hydrogens is 406 g/mol. The molecule has 30 heavy (non-hydrogen) atoms. The Hall–Kier alpha value is -2.91. The summed E-state index contributed by atoms with van der Waals surface area (Å²) >= 11 is -2.15. The van der Waals surface area contributed by atoms with Gasteiger partial charge in [-0.05, 0) is 29.5 Å². The van der Waals surface area contributed by atoms with Gasteiger partial charge in [-0.15, -0.1) is 0 Å². The fourth-order valence-corrected chi connectivity index (χ4v) is 4.03. The number of nitro benzene ring substituents is 1. The van der Waals surface area contributed by atoms with Crippen molar-refractivity contribution in [3.8, 4) is 0 Å². The number of non-ortho nitro benzene ring substituents is 1. The quantitative estimate of drug-likeness (QED) is 0.276. The molecular formula is C21H22N3O5S-. The van der Waals surface area contributed by atoms with Crippen LogP contribution in [0.3, 0.4) is 0 Å². The standard InChI is InChI=1S/C21H23N3O5S/c1-2-17-11-20(13-25)23(12-15-5-9-19(10-6-15)24(26)27)22-21(17)18-7-3-16(4-8-18)14-30(28)29/h3-10,13,17,20H,2,11-12,14H2,1H3,(H,28,29)/p-1. The van der Waals surface area contributed by atoms with Gasteiger partial charge in [0.2, 0.25) is 0 Å². The van der Waals surface area contributed by atoms with Gasteiger partial charge in [0, 0.05) is 23.8 Å². The molecule has 0 spiro atoms. The van der Waals surface area contributed by atoms with Crippen molar-refractivity contribution in [3.63, 3.8) is 0 Å². The molecule has 0 N–H and O–H groups in total. The first-order chi connectivity index (χ1) is 14.4. The van der Waals surface area contributed by atoms with Gasteiger partial charge in [-0.25, -0.2) is 0 Å². The number of carbonyl (C=O) groups is 1. The minimum atomic E-state index is -2.15. The molecule has 3 unspecified atom stereocenters. The Morgan fingerprint density at radius 1 is 1.17 bits per heavy atom. The third-order valence-corrected chi connectivity index (χ3v) is 5.78. The summed E-state index contributed by atoms with van der Waals surface area (Å²) in [6, 6.07) is 13.1. The van der Waals surface area contributed by atoms with E-state index >= 15 is 0 Å². The lowest BCUT2D eigenvalue weighted by Crippen LogP contribution is -2.41. The second-order valence-electron chi connectivity index (χ2n) is 7.20. The highest BCUT2D eigenvalue weighted by Gasteiger charge is 2.30. The molecule has 0 aromatic heterocycles. The van der Waals surface area contributed by atoms with E-state index in [9.17, 15) is 23.7 Å². The number of hydrogen-bond acceptors (Lipinski definition) is 7. The fraction of sp³-hybridized carbons (Fsp3) is 0.333. The average Bonchev–Trinajstić information content (AvgIpc) is 2.74. The molecule has 3 rings (SSSR count). The molecule has 0 saturated carbocycles. The number of aldehydes is 1. The number of hydrazone groups is 1. The Morgan fingerprint density at radius 2 is 1.80 bits per heavy atom. The zero-order valence-corrected chi connectivity index (χ0v) is 17.3. The molecule has 2 aromatic rings. The van der Waals surface area contributed by atoms with Gasteiger partial charge >= 0.3 is 0 Å². The van der Waals surface area contributed by atoms with Crippen molar-refractivity contribution in [2.75, 3.05) is 0 Å². The monoisotopic (exact) mass is 428 g/mol. The molecule has 0 aliphatic carbocycles. The fourth-order valence-electron chi connectivity index (χ4n) is 3.57. The third kappa shape index (κ3) is 5.17. The second-order valence-corrected chi connectivity index (χ2v) is 8.09. The van der Waals surface area contributed by atoms with Gasteiger partial charge < -0.3 is 9.35 Å². The first kappa shape index (κ1) is 21.8. The van der Waals surface area contributed by atoms with Crippen LogP contribution in [0.1, 0.15) is 36.5 Å². The molecule has 0 saturated heterocycles. The maximum atomic E-state index is 11.7. The number of nitro groups is 1. The number of nitrogens with zero attached hydrogens (tertiary/aromatic N) is 3. The number of benzene rings is 2. The normalized spacial score (nSPS) is 19.8. The van der Waals surface area contributed by atoms with Crippen LogP contribution in [0.4, 0.5) is 5.69 Å².